The fourth-order valence-electron chi connectivity index (χ4n) is 3.44. The Balaban J connectivity index is 1.60. The lowest BCUT2D eigenvalue weighted by Crippen LogP contribution is -2.27. The summed E-state index contributed by atoms with van der Waals surface area (Å²) in [6.45, 7) is 0. The fourth-order valence-corrected chi connectivity index (χ4v) is 3.44. The highest BCUT2D eigenvalue weighted by molar-refractivity contribution is 5.94. The molecule has 3 aromatic rings. The number of carbonyl (C=O) groups is 1. The van der Waals surface area contributed by atoms with Crippen LogP contribution in [0.4, 0.5) is 13.2 Å². The summed E-state index contributed by atoms with van der Waals surface area (Å²) >= 11 is 0. The third kappa shape index (κ3) is 3.96. The van der Waals surface area contributed by atoms with Gasteiger partial charge in [0.2, 0.25) is 5.88 Å². The molecule has 1 aliphatic carbocycles. The van der Waals surface area contributed by atoms with Gasteiger partial charge in [0.15, 0.2) is 0 Å². The van der Waals surface area contributed by atoms with E-state index in [1.165, 1.54) is 19.4 Å². The standard InChI is InChI=1S/C21H17F3N4O2/c1-30-19-9-13(5-7-26-19)20(29)28-16-3-2-14-11-27-17(10-15(14)16)12-4-6-25-18(8-12)21(22,23)24/h4-11,16H,2-3H2,1H3,(H,28,29)/t16-/m0/s1. The number of rotatable bonds is 4. The van der Waals surface area contributed by atoms with Crippen molar-refractivity contribution >= 4 is 5.91 Å². The van der Waals surface area contributed by atoms with Gasteiger partial charge in [0.1, 0.15) is 5.69 Å². The maximum absolute atomic E-state index is 13.0. The van der Waals surface area contributed by atoms with E-state index in [0.717, 1.165) is 29.8 Å². The number of nitrogens with zero attached hydrogens (tertiary/aromatic N) is 3. The van der Waals surface area contributed by atoms with Crippen LogP contribution < -0.4 is 10.1 Å². The molecular weight excluding hydrogens is 397 g/mol. The van der Waals surface area contributed by atoms with E-state index in [1.807, 2.05) is 0 Å². The molecule has 0 fully saturated rings. The van der Waals surface area contributed by atoms with Gasteiger partial charge >= 0.3 is 6.18 Å². The number of carbonyl (C=O) groups excluding carboxylic acids is 1. The van der Waals surface area contributed by atoms with Crippen molar-refractivity contribution in [1.82, 2.24) is 20.3 Å². The van der Waals surface area contributed by atoms with Crippen molar-refractivity contribution in [2.75, 3.05) is 7.11 Å². The van der Waals surface area contributed by atoms with E-state index >= 15 is 0 Å². The lowest BCUT2D eigenvalue weighted by atomic mass is 10.0. The molecule has 0 radical (unpaired) electrons. The van der Waals surface area contributed by atoms with Crippen LogP contribution in [-0.2, 0) is 12.6 Å². The number of halogens is 3. The van der Waals surface area contributed by atoms with Crippen LogP contribution in [0, 0.1) is 0 Å². The highest BCUT2D eigenvalue weighted by Crippen LogP contribution is 2.35. The summed E-state index contributed by atoms with van der Waals surface area (Å²) in [6, 6.07) is 7.05. The maximum atomic E-state index is 13.0. The normalized spacial score (nSPS) is 15.5. The van der Waals surface area contributed by atoms with Gasteiger partial charge in [-0.05, 0) is 48.2 Å². The van der Waals surface area contributed by atoms with Crippen molar-refractivity contribution in [2.24, 2.45) is 0 Å². The molecule has 0 saturated carbocycles. The zero-order chi connectivity index (χ0) is 21.3. The number of amides is 1. The molecule has 0 unspecified atom stereocenters. The molecule has 1 amide bonds. The lowest BCUT2D eigenvalue weighted by Gasteiger charge is -2.15. The second-order valence-corrected chi connectivity index (χ2v) is 6.85. The van der Waals surface area contributed by atoms with Crippen molar-refractivity contribution in [3.63, 3.8) is 0 Å². The largest absolute Gasteiger partial charge is 0.481 e. The SMILES string of the molecule is COc1cc(C(=O)N[C@H]2CCc3cnc(-c4ccnc(C(F)(F)F)c4)cc32)ccn1. The van der Waals surface area contributed by atoms with E-state index in [0.29, 0.717) is 29.1 Å². The summed E-state index contributed by atoms with van der Waals surface area (Å²) in [5.41, 5.74) is 1.96. The molecule has 1 atom stereocenters. The summed E-state index contributed by atoms with van der Waals surface area (Å²) in [7, 11) is 1.47. The third-order valence-electron chi connectivity index (χ3n) is 4.96. The number of nitrogens with one attached hydrogen (secondary N) is 1. The Hall–Kier alpha value is -3.49. The van der Waals surface area contributed by atoms with Gasteiger partial charge in [-0.2, -0.15) is 13.2 Å². The number of ether oxygens (including phenoxy) is 1. The first-order valence-corrected chi connectivity index (χ1v) is 9.18. The van der Waals surface area contributed by atoms with Crippen molar-refractivity contribution < 1.29 is 22.7 Å². The van der Waals surface area contributed by atoms with Gasteiger partial charge in [0, 0.05) is 35.8 Å². The Bertz CT molecular complexity index is 1100. The van der Waals surface area contributed by atoms with Crippen LogP contribution in [0.1, 0.15) is 39.6 Å². The van der Waals surface area contributed by atoms with Crippen LogP contribution in [0.25, 0.3) is 11.3 Å². The van der Waals surface area contributed by atoms with Crippen molar-refractivity contribution in [1.29, 1.82) is 0 Å². The number of methoxy groups -OCH3 is 1. The molecule has 0 aliphatic heterocycles. The predicted molar refractivity (Wildman–Crippen MR) is 102 cm³/mol. The van der Waals surface area contributed by atoms with Gasteiger partial charge in [0.25, 0.3) is 5.91 Å². The monoisotopic (exact) mass is 414 g/mol. The van der Waals surface area contributed by atoms with Crippen LogP contribution in [0.5, 0.6) is 5.88 Å². The first kappa shape index (κ1) is 19.8. The molecule has 0 spiro atoms. The molecule has 0 saturated heterocycles. The van der Waals surface area contributed by atoms with Crippen LogP contribution in [0.2, 0.25) is 0 Å². The molecule has 3 aromatic heterocycles. The Morgan fingerprint density at radius 3 is 2.70 bits per heavy atom. The second kappa shape index (κ2) is 7.74. The summed E-state index contributed by atoms with van der Waals surface area (Å²) in [5, 5.41) is 2.97. The molecule has 3 heterocycles. The van der Waals surface area contributed by atoms with Gasteiger partial charge in [0.05, 0.1) is 18.8 Å². The summed E-state index contributed by atoms with van der Waals surface area (Å²) in [5.74, 6) is 0.0503. The van der Waals surface area contributed by atoms with Crippen LogP contribution in [0.3, 0.4) is 0 Å². The first-order valence-electron chi connectivity index (χ1n) is 9.18. The Kier molecular flexibility index (Phi) is 5.11. The number of aryl methyl sites for hydroxylation is 1. The minimum atomic E-state index is -4.53. The van der Waals surface area contributed by atoms with Gasteiger partial charge in [-0.1, -0.05) is 0 Å². The Labute approximate surface area is 170 Å². The molecule has 1 aliphatic rings. The highest BCUT2D eigenvalue weighted by Gasteiger charge is 2.33. The molecule has 4 rings (SSSR count). The summed E-state index contributed by atoms with van der Waals surface area (Å²) in [6.07, 6.45) is 1.12. The molecule has 6 nitrogen and oxygen atoms in total. The molecule has 154 valence electrons. The minimum absolute atomic E-state index is 0.266. The zero-order valence-electron chi connectivity index (χ0n) is 15.9. The smallest absolute Gasteiger partial charge is 0.433 e. The van der Waals surface area contributed by atoms with Gasteiger partial charge in [-0.3, -0.25) is 14.8 Å². The maximum Gasteiger partial charge on any atom is 0.433 e. The Morgan fingerprint density at radius 2 is 1.93 bits per heavy atom. The van der Waals surface area contributed by atoms with Gasteiger partial charge in [-0.25, -0.2) is 4.98 Å². The van der Waals surface area contributed by atoms with Gasteiger partial charge in [-0.15, -0.1) is 0 Å². The van der Waals surface area contributed by atoms with E-state index < -0.39 is 11.9 Å². The number of pyridine rings is 3. The average Bonchev–Trinajstić information content (AvgIpc) is 3.15. The van der Waals surface area contributed by atoms with Gasteiger partial charge < -0.3 is 10.1 Å². The van der Waals surface area contributed by atoms with Crippen LogP contribution >= 0.6 is 0 Å². The number of hydrogen-bond donors (Lipinski definition) is 1. The molecule has 0 bridgehead atoms. The van der Waals surface area contributed by atoms with Crippen molar-refractivity contribution in [3.05, 3.63) is 71.3 Å². The van der Waals surface area contributed by atoms with E-state index in [-0.39, 0.29) is 11.9 Å². The number of alkyl halides is 3. The fraction of sp³-hybridized carbons (Fsp3) is 0.238. The third-order valence-corrected chi connectivity index (χ3v) is 4.96. The average molecular weight is 414 g/mol. The second-order valence-electron chi connectivity index (χ2n) is 6.85. The predicted octanol–water partition coefficient (Wildman–Crippen LogP) is 3.98. The summed E-state index contributed by atoms with van der Waals surface area (Å²) in [4.78, 5) is 24.3. The van der Waals surface area contributed by atoms with E-state index in [1.54, 1.807) is 24.4 Å². The Morgan fingerprint density at radius 1 is 1.13 bits per heavy atom. The van der Waals surface area contributed by atoms with Crippen molar-refractivity contribution in [2.45, 2.75) is 25.1 Å². The van der Waals surface area contributed by atoms with Crippen LogP contribution in [-0.4, -0.2) is 28.0 Å². The van der Waals surface area contributed by atoms with Crippen molar-refractivity contribution in [3.8, 4) is 17.1 Å². The quantitative estimate of drug-likeness (QED) is 0.699. The first-order chi connectivity index (χ1) is 14.3. The molecule has 30 heavy (non-hydrogen) atoms. The van der Waals surface area contributed by atoms with E-state index in [4.69, 9.17) is 4.74 Å². The van der Waals surface area contributed by atoms with E-state index in [9.17, 15) is 18.0 Å². The number of fused-ring (bicyclic) bond motifs is 1. The number of aromatic nitrogens is 3. The van der Waals surface area contributed by atoms with E-state index in [2.05, 4.69) is 20.3 Å². The topological polar surface area (TPSA) is 77.0 Å². The molecule has 9 heteroatoms. The number of hydrogen-bond acceptors (Lipinski definition) is 5. The molecular formula is C21H17F3N4O2. The molecule has 1 N–H and O–H groups in total. The van der Waals surface area contributed by atoms with Crippen LogP contribution in [0.15, 0.2) is 48.9 Å². The lowest BCUT2D eigenvalue weighted by molar-refractivity contribution is -0.141. The minimum Gasteiger partial charge on any atom is -0.481 e. The zero-order valence-corrected chi connectivity index (χ0v) is 15.9. The molecule has 0 aromatic carbocycles. The highest BCUT2D eigenvalue weighted by atomic mass is 19.4. The summed E-state index contributed by atoms with van der Waals surface area (Å²) < 4.78 is 44.0.